The number of methoxy groups -OCH3 is 1. The second-order valence-corrected chi connectivity index (χ2v) is 5.27. The zero-order valence-corrected chi connectivity index (χ0v) is 11.8. The molecule has 108 valence electrons. The van der Waals surface area contributed by atoms with Crippen molar-refractivity contribution >= 4 is 27.5 Å². The van der Waals surface area contributed by atoms with Crippen LogP contribution in [-0.4, -0.2) is 45.6 Å². The summed E-state index contributed by atoms with van der Waals surface area (Å²) in [5, 5.41) is 18.6. The molecule has 20 heavy (non-hydrogen) atoms. The van der Waals surface area contributed by atoms with Crippen molar-refractivity contribution in [2.45, 2.75) is 19.6 Å². The third-order valence-corrected chi connectivity index (χ3v) is 4.09. The summed E-state index contributed by atoms with van der Waals surface area (Å²) in [7, 11) is 1.27. The molecule has 0 spiro atoms. The maximum Gasteiger partial charge on any atom is 0.348 e. The van der Waals surface area contributed by atoms with E-state index in [1.807, 2.05) is 0 Å². The van der Waals surface area contributed by atoms with Crippen molar-refractivity contribution in [3.63, 3.8) is 0 Å². The van der Waals surface area contributed by atoms with Gasteiger partial charge in [-0.1, -0.05) is 0 Å². The van der Waals surface area contributed by atoms with E-state index in [4.69, 9.17) is 5.11 Å². The molecule has 8 heteroatoms. The fraction of sp³-hybridized carbons (Fsp3) is 0.417. The van der Waals surface area contributed by atoms with Crippen LogP contribution in [0.5, 0.6) is 0 Å². The molecule has 7 nitrogen and oxygen atoms in total. The van der Waals surface area contributed by atoms with E-state index < -0.39 is 18.7 Å². The Morgan fingerprint density at radius 1 is 1.60 bits per heavy atom. The molecule has 0 radical (unpaired) electrons. The lowest BCUT2D eigenvalue weighted by atomic mass is 10.2. The number of rotatable bonds is 4. The van der Waals surface area contributed by atoms with Crippen LogP contribution >= 0.6 is 11.3 Å². The highest BCUT2D eigenvalue weighted by Crippen LogP contribution is 2.27. The van der Waals surface area contributed by atoms with Crippen molar-refractivity contribution in [2.75, 3.05) is 13.7 Å². The Morgan fingerprint density at radius 2 is 2.30 bits per heavy atom. The Labute approximate surface area is 118 Å². The van der Waals surface area contributed by atoms with E-state index in [2.05, 4.69) is 9.72 Å². The highest BCUT2D eigenvalue weighted by molar-refractivity contribution is 7.20. The molecule has 2 rings (SSSR count). The molecule has 0 bridgehead atoms. The summed E-state index contributed by atoms with van der Waals surface area (Å²) in [6.07, 6.45) is 0.256. The maximum absolute atomic E-state index is 12.3. The van der Waals surface area contributed by atoms with Crippen molar-refractivity contribution in [1.29, 1.82) is 0 Å². The first-order chi connectivity index (χ1) is 9.49. The van der Waals surface area contributed by atoms with Crippen LogP contribution in [-0.2, 0) is 11.3 Å². The Hall–Kier alpha value is -1.77. The highest BCUT2D eigenvalue weighted by atomic mass is 32.1. The molecular formula is C12H14N2O5S. The minimum Gasteiger partial charge on any atom is -0.465 e. The van der Waals surface area contributed by atoms with Gasteiger partial charge in [-0.05, 0) is 12.5 Å². The first-order valence-corrected chi connectivity index (χ1v) is 6.67. The zero-order valence-electron chi connectivity index (χ0n) is 11.0. The van der Waals surface area contributed by atoms with E-state index >= 15 is 0 Å². The summed E-state index contributed by atoms with van der Waals surface area (Å²) in [5.74, 6) is -0.508. The monoisotopic (exact) mass is 298 g/mol. The van der Waals surface area contributed by atoms with Gasteiger partial charge in [0.05, 0.1) is 38.1 Å². The molecule has 0 saturated carbocycles. The molecule has 2 aromatic rings. The summed E-state index contributed by atoms with van der Waals surface area (Å²) in [5.41, 5.74) is 0.161. The van der Waals surface area contributed by atoms with Gasteiger partial charge < -0.3 is 14.9 Å². The number of aryl methyl sites for hydroxylation is 1. The van der Waals surface area contributed by atoms with Gasteiger partial charge in [-0.2, -0.15) is 0 Å². The number of aliphatic hydroxyl groups excluding tert-OH is 2. The first kappa shape index (κ1) is 14.6. The van der Waals surface area contributed by atoms with Gasteiger partial charge in [0.15, 0.2) is 0 Å². The summed E-state index contributed by atoms with van der Waals surface area (Å²) >= 11 is 1.09. The highest BCUT2D eigenvalue weighted by Gasteiger charge is 2.20. The van der Waals surface area contributed by atoms with Crippen molar-refractivity contribution in [3.8, 4) is 0 Å². The Morgan fingerprint density at radius 3 is 2.90 bits per heavy atom. The molecule has 0 aliphatic carbocycles. The van der Waals surface area contributed by atoms with Crippen molar-refractivity contribution in [3.05, 3.63) is 27.1 Å². The standard InChI is InChI=1S/C12H14N2O5S/c1-6-8-10(20-9(6)12(18)19-2)13-5-14(11(8)17)3-7(16)4-15/h5,7,15-16H,3-4H2,1-2H3. The van der Waals surface area contributed by atoms with Gasteiger partial charge in [0.1, 0.15) is 9.71 Å². The van der Waals surface area contributed by atoms with Crippen LogP contribution in [0.15, 0.2) is 11.1 Å². The topological polar surface area (TPSA) is 102 Å². The molecule has 1 unspecified atom stereocenters. The smallest absolute Gasteiger partial charge is 0.348 e. The first-order valence-electron chi connectivity index (χ1n) is 5.85. The molecule has 2 N–H and O–H groups in total. The summed E-state index contributed by atoms with van der Waals surface area (Å²) < 4.78 is 5.87. The summed E-state index contributed by atoms with van der Waals surface area (Å²) in [6.45, 7) is 1.16. The predicted molar refractivity (Wildman–Crippen MR) is 73.0 cm³/mol. The Balaban J connectivity index is 2.58. The number of ether oxygens (including phenoxy) is 1. The molecule has 0 saturated heterocycles. The molecule has 2 heterocycles. The average molecular weight is 298 g/mol. The third kappa shape index (κ3) is 2.45. The minimum atomic E-state index is -1.04. The van der Waals surface area contributed by atoms with E-state index in [1.54, 1.807) is 6.92 Å². The maximum atomic E-state index is 12.3. The summed E-state index contributed by atoms with van der Waals surface area (Å²) in [6, 6.07) is 0. The number of esters is 1. The number of aromatic nitrogens is 2. The lowest BCUT2D eigenvalue weighted by molar-refractivity contribution is 0.0605. The van der Waals surface area contributed by atoms with Crippen molar-refractivity contribution in [2.24, 2.45) is 0 Å². The van der Waals surface area contributed by atoms with Gasteiger partial charge >= 0.3 is 5.97 Å². The lowest BCUT2D eigenvalue weighted by Gasteiger charge is -2.09. The van der Waals surface area contributed by atoms with Crippen LogP contribution in [0.4, 0.5) is 0 Å². The van der Waals surface area contributed by atoms with Crippen LogP contribution in [0.1, 0.15) is 15.2 Å². The number of carbonyl (C=O) groups is 1. The fourth-order valence-corrected chi connectivity index (χ4v) is 2.92. The number of carbonyl (C=O) groups excluding carboxylic acids is 1. The van der Waals surface area contributed by atoms with Crippen molar-refractivity contribution < 1.29 is 19.7 Å². The average Bonchev–Trinajstić information content (AvgIpc) is 2.78. The van der Waals surface area contributed by atoms with E-state index in [1.165, 1.54) is 18.0 Å². The largest absolute Gasteiger partial charge is 0.465 e. The van der Waals surface area contributed by atoms with Crippen LogP contribution in [0.3, 0.4) is 0 Å². The molecule has 0 amide bonds. The van der Waals surface area contributed by atoms with Crippen LogP contribution < -0.4 is 5.56 Å². The van der Waals surface area contributed by atoms with Crippen molar-refractivity contribution in [1.82, 2.24) is 9.55 Å². The number of hydrogen-bond donors (Lipinski definition) is 2. The second kappa shape index (κ2) is 5.70. The second-order valence-electron chi connectivity index (χ2n) is 4.27. The zero-order chi connectivity index (χ0) is 14.9. The van der Waals surface area contributed by atoms with E-state index in [9.17, 15) is 14.7 Å². The van der Waals surface area contributed by atoms with Gasteiger partial charge in [0.2, 0.25) is 0 Å². The SMILES string of the molecule is COC(=O)c1sc2ncn(CC(O)CO)c(=O)c2c1C. The number of nitrogens with zero attached hydrogens (tertiary/aromatic N) is 2. The molecule has 0 aromatic carbocycles. The van der Waals surface area contributed by atoms with Crippen LogP contribution in [0.2, 0.25) is 0 Å². The van der Waals surface area contributed by atoms with E-state index in [-0.39, 0.29) is 12.1 Å². The lowest BCUT2D eigenvalue weighted by Crippen LogP contribution is -2.28. The molecule has 0 fully saturated rings. The van der Waals surface area contributed by atoms with Crippen LogP contribution in [0, 0.1) is 6.92 Å². The normalized spacial score (nSPS) is 12.6. The number of aliphatic hydroxyl groups is 2. The molecule has 0 aliphatic rings. The van der Waals surface area contributed by atoms with Gasteiger partial charge in [-0.25, -0.2) is 9.78 Å². The molecule has 1 atom stereocenters. The quantitative estimate of drug-likeness (QED) is 0.765. The third-order valence-electron chi connectivity index (χ3n) is 2.91. The summed E-state index contributed by atoms with van der Waals surface area (Å²) in [4.78, 5) is 28.8. The van der Waals surface area contributed by atoms with Gasteiger partial charge in [-0.15, -0.1) is 11.3 Å². The predicted octanol–water partition coefficient (Wildman–Crippen LogP) is -0.0938. The molecule has 2 aromatic heterocycles. The van der Waals surface area contributed by atoms with Gasteiger partial charge in [0, 0.05) is 0 Å². The number of thiophene rings is 1. The number of hydrogen-bond acceptors (Lipinski definition) is 7. The molecular weight excluding hydrogens is 284 g/mol. The van der Waals surface area contributed by atoms with Crippen LogP contribution in [0.25, 0.3) is 10.2 Å². The van der Waals surface area contributed by atoms with E-state index in [0.717, 1.165) is 11.3 Å². The Bertz CT molecular complexity index is 706. The van der Waals surface area contributed by atoms with E-state index in [0.29, 0.717) is 20.7 Å². The van der Waals surface area contributed by atoms with Gasteiger partial charge in [-0.3, -0.25) is 9.36 Å². The minimum absolute atomic E-state index is 0.0544. The number of fused-ring (bicyclic) bond motifs is 1. The Kier molecular flexibility index (Phi) is 4.17. The fourth-order valence-electron chi connectivity index (χ4n) is 1.86. The molecule has 0 aliphatic heterocycles. The van der Waals surface area contributed by atoms with Gasteiger partial charge in [0.25, 0.3) is 5.56 Å².